The van der Waals surface area contributed by atoms with Crippen molar-refractivity contribution in [3.8, 4) is 0 Å². The lowest BCUT2D eigenvalue weighted by molar-refractivity contribution is 0.682. The van der Waals surface area contributed by atoms with Gasteiger partial charge in [-0.3, -0.25) is 4.21 Å². The van der Waals surface area contributed by atoms with Gasteiger partial charge in [0.1, 0.15) is 5.65 Å². The van der Waals surface area contributed by atoms with E-state index in [1.807, 2.05) is 60.1 Å². The Morgan fingerprint density at radius 3 is 2.90 bits per heavy atom. The van der Waals surface area contributed by atoms with Crippen LogP contribution in [0.4, 0.5) is 0 Å². The number of benzene rings is 1. The van der Waals surface area contributed by atoms with Crippen molar-refractivity contribution in [3.05, 3.63) is 64.5 Å². The molecule has 0 aliphatic carbocycles. The lowest BCUT2D eigenvalue weighted by Gasteiger charge is -2.01. The van der Waals surface area contributed by atoms with Crippen LogP contribution < -0.4 is 0 Å². The zero-order valence-electron chi connectivity index (χ0n) is 10.9. The number of imidazole rings is 1. The maximum Gasteiger partial charge on any atom is 0.137 e. The molecule has 0 aliphatic rings. The monoisotopic (exact) mass is 348 g/mol. The molecule has 2 aromatic heterocycles. The maximum atomic E-state index is 12.4. The average molecular weight is 349 g/mol. The summed E-state index contributed by atoms with van der Waals surface area (Å²) in [6.07, 6.45) is 3.87. The summed E-state index contributed by atoms with van der Waals surface area (Å²) in [6.45, 7) is 2.00. The predicted octanol–water partition coefficient (Wildman–Crippen LogP) is 3.71. The third-order valence-electron chi connectivity index (χ3n) is 3.00. The number of hydrogen-bond donors (Lipinski definition) is 0. The van der Waals surface area contributed by atoms with Crippen LogP contribution in [0.3, 0.4) is 0 Å². The van der Waals surface area contributed by atoms with E-state index in [2.05, 4.69) is 20.9 Å². The number of halogens is 1. The second-order valence-electron chi connectivity index (χ2n) is 4.65. The third kappa shape index (κ3) is 2.83. The minimum absolute atomic E-state index is 0.433. The van der Waals surface area contributed by atoms with Crippen LogP contribution in [0.1, 0.15) is 11.3 Å². The summed E-state index contributed by atoms with van der Waals surface area (Å²) < 4.78 is 15.3. The van der Waals surface area contributed by atoms with Crippen molar-refractivity contribution in [1.29, 1.82) is 0 Å². The molecule has 2 heterocycles. The van der Waals surface area contributed by atoms with Crippen LogP contribution in [0.15, 0.2) is 58.2 Å². The molecule has 0 N–H and O–H groups in total. The molecular formula is C15H13BrN2OS. The molecule has 0 saturated carbocycles. The SMILES string of the molecule is Cc1cccc([S@@](=O)Cc2cn3cc(Br)ccc3n2)c1. The zero-order chi connectivity index (χ0) is 14.1. The molecule has 102 valence electrons. The van der Waals surface area contributed by atoms with Crippen LogP contribution >= 0.6 is 15.9 Å². The first kappa shape index (κ1) is 13.5. The van der Waals surface area contributed by atoms with E-state index in [1.54, 1.807) is 0 Å². The van der Waals surface area contributed by atoms with Crippen molar-refractivity contribution in [2.45, 2.75) is 17.6 Å². The molecule has 20 heavy (non-hydrogen) atoms. The first-order valence-electron chi connectivity index (χ1n) is 6.20. The largest absolute Gasteiger partial charge is 0.306 e. The lowest BCUT2D eigenvalue weighted by atomic mass is 10.2. The Hall–Kier alpha value is -1.46. The van der Waals surface area contributed by atoms with E-state index >= 15 is 0 Å². The van der Waals surface area contributed by atoms with Gasteiger partial charge in [0.2, 0.25) is 0 Å². The lowest BCUT2D eigenvalue weighted by Crippen LogP contribution is -1.97. The number of aromatic nitrogens is 2. The Kier molecular flexibility index (Phi) is 3.72. The maximum absolute atomic E-state index is 12.4. The van der Waals surface area contributed by atoms with Crippen LogP contribution in [0.25, 0.3) is 5.65 Å². The highest BCUT2D eigenvalue weighted by atomic mass is 79.9. The minimum atomic E-state index is -1.06. The van der Waals surface area contributed by atoms with Crippen molar-refractivity contribution in [2.75, 3.05) is 0 Å². The van der Waals surface area contributed by atoms with Crippen molar-refractivity contribution >= 4 is 32.4 Å². The summed E-state index contributed by atoms with van der Waals surface area (Å²) in [4.78, 5) is 5.34. The number of hydrogen-bond acceptors (Lipinski definition) is 2. The Bertz CT molecular complexity index is 797. The van der Waals surface area contributed by atoms with Crippen LogP contribution in [0.5, 0.6) is 0 Å². The number of fused-ring (bicyclic) bond motifs is 1. The van der Waals surface area contributed by atoms with Crippen molar-refractivity contribution in [2.24, 2.45) is 0 Å². The fraction of sp³-hybridized carbons (Fsp3) is 0.133. The summed E-state index contributed by atoms with van der Waals surface area (Å²) >= 11 is 3.43. The normalized spacial score (nSPS) is 12.7. The van der Waals surface area contributed by atoms with Gasteiger partial charge in [0.15, 0.2) is 0 Å². The quantitative estimate of drug-likeness (QED) is 0.722. The molecule has 0 spiro atoms. The van der Waals surface area contributed by atoms with E-state index in [9.17, 15) is 4.21 Å². The standard InChI is InChI=1S/C15H13BrN2OS/c1-11-3-2-4-14(7-11)20(19)10-13-9-18-8-12(16)5-6-15(18)17-13/h2-9H,10H2,1H3/t20-/m0/s1. The van der Waals surface area contributed by atoms with E-state index in [1.165, 1.54) is 0 Å². The van der Waals surface area contributed by atoms with Crippen molar-refractivity contribution < 1.29 is 4.21 Å². The molecule has 1 atom stereocenters. The van der Waals surface area contributed by atoms with Crippen LogP contribution in [-0.4, -0.2) is 13.6 Å². The van der Waals surface area contributed by atoms with E-state index in [4.69, 9.17) is 0 Å². The van der Waals surface area contributed by atoms with Crippen LogP contribution in [0, 0.1) is 6.92 Å². The molecular weight excluding hydrogens is 336 g/mol. The topological polar surface area (TPSA) is 34.4 Å². The number of rotatable bonds is 3. The first-order chi connectivity index (χ1) is 9.61. The summed E-state index contributed by atoms with van der Waals surface area (Å²) in [5.74, 6) is 0.433. The second kappa shape index (κ2) is 5.50. The predicted molar refractivity (Wildman–Crippen MR) is 84.2 cm³/mol. The average Bonchev–Trinajstić information content (AvgIpc) is 2.80. The molecule has 0 amide bonds. The molecule has 0 radical (unpaired) electrons. The molecule has 3 aromatic rings. The van der Waals surface area contributed by atoms with Gasteiger partial charge in [-0.05, 0) is 52.7 Å². The molecule has 0 unspecified atom stereocenters. The molecule has 3 nitrogen and oxygen atoms in total. The van der Waals surface area contributed by atoms with Crippen molar-refractivity contribution in [3.63, 3.8) is 0 Å². The van der Waals surface area contributed by atoms with Gasteiger partial charge in [-0.1, -0.05) is 12.1 Å². The van der Waals surface area contributed by atoms with Gasteiger partial charge >= 0.3 is 0 Å². The summed E-state index contributed by atoms with van der Waals surface area (Å²) in [5, 5.41) is 0. The van der Waals surface area contributed by atoms with Gasteiger partial charge in [-0.25, -0.2) is 4.98 Å². The van der Waals surface area contributed by atoms with Gasteiger partial charge in [0.25, 0.3) is 0 Å². The third-order valence-corrected chi connectivity index (χ3v) is 4.80. The Labute approximate surface area is 128 Å². The van der Waals surface area contributed by atoms with E-state index in [0.717, 1.165) is 26.3 Å². The van der Waals surface area contributed by atoms with E-state index in [-0.39, 0.29) is 0 Å². The summed E-state index contributed by atoms with van der Waals surface area (Å²) in [5.41, 5.74) is 2.82. The Morgan fingerprint density at radius 1 is 1.25 bits per heavy atom. The van der Waals surface area contributed by atoms with Crippen LogP contribution in [-0.2, 0) is 16.6 Å². The van der Waals surface area contributed by atoms with Crippen LogP contribution in [0.2, 0.25) is 0 Å². The highest BCUT2D eigenvalue weighted by Crippen LogP contribution is 2.16. The van der Waals surface area contributed by atoms with E-state index in [0.29, 0.717) is 5.75 Å². The van der Waals surface area contributed by atoms with Crippen molar-refractivity contribution in [1.82, 2.24) is 9.38 Å². The molecule has 0 saturated heterocycles. The summed E-state index contributed by atoms with van der Waals surface area (Å²) in [7, 11) is -1.06. The molecule has 1 aromatic carbocycles. The molecule has 0 bridgehead atoms. The van der Waals surface area contributed by atoms with Gasteiger partial charge in [0, 0.05) is 21.8 Å². The van der Waals surface area contributed by atoms with Gasteiger partial charge in [-0.15, -0.1) is 0 Å². The fourth-order valence-corrected chi connectivity index (χ4v) is 3.54. The second-order valence-corrected chi connectivity index (χ2v) is 7.02. The molecule has 0 fully saturated rings. The highest BCUT2D eigenvalue weighted by molar-refractivity contribution is 9.10. The Balaban J connectivity index is 1.87. The number of nitrogens with zero attached hydrogens (tertiary/aromatic N) is 2. The molecule has 5 heteroatoms. The van der Waals surface area contributed by atoms with Gasteiger partial charge in [0.05, 0.1) is 22.2 Å². The Morgan fingerprint density at radius 2 is 2.10 bits per heavy atom. The molecule has 0 aliphatic heterocycles. The highest BCUT2D eigenvalue weighted by Gasteiger charge is 2.09. The smallest absolute Gasteiger partial charge is 0.137 e. The minimum Gasteiger partial charge on any atom is -0.306 e. The fourth-order valence-electron chi connectivity index (χ4n) is 2.06. The summed E-state index contributed by atoms with van der Waals surface area (Å²) in [6, 6.07) is 11.7. The zero-order valence-corrected chi connectivity index (χ0v) is 13.3. The first-order valence-corrected chi connectivity index (χ1v) is 8.31. The van der Waals surface area contributed by atoms with Gasteiger partial charge < -0.3 is 4.40 Å². The van der Waals surface area contributed by atoms with E-state index < -0.39 is 10.8 Å². The van der Waals surface area contributed by atoms with Gasteiger partial charge in [-0.2, -0.15) is 0 Å². The number of pyridine rings is 1. The number of aryl methyl sites for hydroxylation is 1. The molecule has 3 rings (SSSR count).